The summed E-state index contributed by atoms with van der Waals surface area (Å²) in [5, 5.41) is 3.75. The lowest BCUT2D eigenvalue weighted by molar-refractivity contribution is 0.0529. The van der Waals surface area contributed by atoms with E-state index in [9.17, 15) is 9.59 Å². The topological polar surface area (TPSA) is 90.6 Å². The first-order valence-electron chi connectivity index (χ1n) is 6.77. The lowest BCUT2D eigenvalue weighted by Crippen LogP contribution is -2.22. The Labute approximate surface area is 128 Å². The highest BCUT2D eigenvalue weighted by molar-refractivity contribution is 7.19. The van der Waals surface area contributed by atoms with E-state index in [1.807, 2.05) is 6.92 Å². The van der Waals surface area contributed by atoms with Crippen molar-refractivity contribution in [3.8, 4) is 0 Å². The van der Waals surface area contributed by atoms with Gasteiger partial charge >= 0.3 is 11.9 Å². The molecule has 1 unspecified atom stereocenters. The van der Waals surface area contributed by atoms with Gasteiger partial charge in [0.2, 0.25) is 0 Å². The molecule has 6 nitrogen and oxygen atoms in total. The summed E-state index contributed by atoms with van der Waals surface area (Å²) in [7, 11) is 1.27. The smallest absolute Gasteiger partial charge is 0.350 e. The molecule has 0 saturated heterocycles. The highest BCUT2D eigenvalue weighted by atomic mass is 32.1. The Balaban J connectivity index is 3.26. The summed E-state index contributed by atoms with van der Waals surface area (Å²) >= 11 is 1.11. The third-order valence-electron chi connectivity index (χ3n) is 3.15. The predicted octanol–water partition coefficient (Wildman–Crippen LogP) is 2.75. The number of anilines is 2. The molecular weight excluding hydrogens is 292 g/mol. The normalized spacial score (nSPS) is 12.1. The summed E-state index contributed by atoms with van der Waals surface area (Å²) in [6, 6.07) is 0.113. The van der Waals surface area contributed by atoms with E-state index in [1.165, 1.54) is 7.11 Å². The van der Waals surface area contributed by atoms with Crippen molar-refractivity contribution in [1.82, 2.24) is 0 Å². The third-order valence-corrected chi connectivity index (χ3v) is 4.27. The van der Waals surface area contributed by atoms with Gasteiger partial charge in [-0.25, -0.2) is 9.59 Å². The van der Waals surface area contributed by atoms with Crippen LogP contribution in [0.5, 0.6) is 0 Å². The van der Waals surface area contributed by atoms with Crippen LogP contribution in [0.3, 0.4) is 0 Å². The second-order valence-corrected chi connectivity index (χ2v) is 5.96. The fraction of sp³-hybridized carbons (Fsp3) is 0.571. The first-order chi connectivity index (χ1) is 9.83. The number of hydrogen-bond acceptors (Lipinski definition) is 7. The zero-order chi connectivity index (χ0) is 16.2. The summed E-state index contributed by atoms with van der Waals surface area (Å²) in [6.45, 7) is 8.06. The summed E-state index contributed by atoms with van der Waals surface area (Å²) in [4.78, 5) is 24.0. The molecule has 3 N–H and O–H groups in total. The van der Waals surface area contributed by atoms with E-state index in [2.05, 4.69) is 23.9 Å². The molecule has 1 rings (SSSR count). The first-order valence-corrected chi connectivity index (χ1v) is 7.59. The Morgan fingerprint density at radius 2 is 1.90 bits per heavy atom. The van der Waals surface area contributed by atoms with Crippen molar-refractivity contribution in [3.63, 3.8) is 0 Å². The molecule has 7 heteroatoms. The largest absolute Gasteiger partial charge is 0.465 e. The Bertz CT molecular complexity index is 525. The van der Waals surface area contributed by atoms with E-state index in [0.717, 1.165) is 11.3 Å². The number of thiophene rings is 1. The van der Waals surface area contributed by atoms with Crippen LogP contribution in [0.2, 0.25) is 0 Å². The minimum Gasteiger partial charge on any atom is -0.465 e. The van der Waals surface area contributed by atoms with Crippen LogP contribution in [0.25, 0.3) is 0 Å². The van der Waals surface area contributed by atoms with Gasteiger partial charge in [-0.05, 0) is 19.8 Å². The van der Waals surface area contributed by atoms with Crippen LogP contribution in [0, 0.1) is 5.92 Å². The highest BCUT2D eigenvalue weighted by Gasteiger charge is 2.27. The first kappa shape index (κ1) is 17.3. The number of rotatable bonds is 6. The maximum Gasteiger partial charge on any atom is 0.350 e. The molecule has 0 fully saturated rings. The standard InChI is InChI=1S/C14H22N2O4S/c1-6-20-13(17)9-10(15)11(14(18)19-5)21-12(9)16-8(4)7(2)3/h7-8,16H,6,15H2,1-5H3. The minimum absolute atomic E-state index is 0.101. The number of methoxy groups -OCH3 is 1. The third kappa shape index (κ3) is 3.87. The summed E-state index contributed by atoms with van der Waals surface area (Å²) in [6.07, 6.45) is 0. The summed E-state index contributed by atoms with van der Waals surface area (Å²) in [5.41, 5.74) is 6.24. The van der Waals surface area contributed by atoms with Crippen LogP contribution in [0.1, 0.15) is 47.7 Å². The molecule has 0 radical (unpaired) electrons. The monoisotopic (exact) mass is 314 g/mol. The SMILES string of the molecule is CCOC(=O)c1c(NC(C)C(C)C)sc(C(=O)OC)c1N. The molecule has 1 aromatic rings. The van der Waals surface area contributed by atoms with E-state index in [1.54, 1.807) is 6.92 Å². The average Bonchev–Trinajstić information content (AvgIpc) is 2.74. The Kier molecular flexibility index (Phi) is 6.02. The second-order valence-electron chi connectivity index (χ2n) is 4.94. The molecule has 0 aromatic carbocycles. The van der Waals surface area contributed by atoms with E-state index < -0.39 is 11.9 Å². The number of esters is 2. The summed E-state index contributed by atoms with van der Waals surface area (Å²) < 4.78 is 9.70. The fourth-order valence-electron chi connectivity index (χ4n) is 1.57. The number of ether oxygens (including phenoxy) is 2. The van der Waals surface area contributed by atoms with Gasteiger partial charge in [-0.3, -0.25) is 0 Å². The highest BCUT2D eigenvalue weighted by Crippen LogP contribution is 2.37. The van der Waals surface area contributed by atoms with Gasteiger partial charge in [0.25, 0.3) is 0 Å². The van der Waals surface area contributed by atoms with Gasteiger partial charge in [-0.1, -0.05) is 13.8 Å². The van der Waals surface area contributed by atoms with E-state index in [-0.39, 0.29) is 28.8 Å². The Morgan fingerprint density at radius 1 is 1.29 bits per heavy atom. The molecule has 0 aliphatic carbocycles. The maximum atomic E-state index is 12.1. The van der Waals surface area contributed by atoms with Crippen molar-refractivity contribution < 1.29 is 19.1 Å². The molecule has 1 aromatic heterocycles. The van der Waals surface area contributed by atoms with E-state index in [0.29, 0.717) is 10.9 Å². The molecule has 21 heavy (non-hydrogen) atoms. The van der Waals surface area contributed by atoms with Gasteiger partial charge in [0, 0.05) is 6.04 Å². The van der Waals surface area contributed by atoms with E-state index >= 15 is 0 Å². The number of nitrogens with two attached hydrogens (primary N) is 1. The molecule has 0 bridgehead atoms. The Hall–Kier alpha value is -1.76. The number of nitrogens with one attached hydrogen (secondary N) is 1. The molecule has 1 atom stereocenters. The number of nitrogen functional groups attached to an aromatic ring is 1. The van der Waals surface area contributed by atoms with Crippen molar-refractivity contribution in [2.24, 2.45) is 5.92 Å². The second kappa shape index (κ2) is 7.31. The van der Waals surface area contributed by atoms with Crippen LogP contribution in [-0.4, -0.2) is 31.7 Å². The van der Waals surface area contributed by atoms with Gasteiger partial charge in [0.15, 0.2) is 0 Å². The van der Waals surface area contributed by atoms with Gasteiger partial charge < -0.3 is 20.5 Å². The number of hydrogen-bond donors (Lipinski definition) is 2. The molecule has 0 amide bonds. The number of carbonyl (C=O) groups is 2. The molecule has 1 heterocycles. The molecule has 0 aliphatic heterocycles. The molecule has 0 saturated carbocycles. The van der Waals surface area contributed by atoms with Crippen LogP contribution in [0.4, 0.5) is 10.7 Å². The van der Waals surface area contributed by atoms with Crippen molar-refractivity contribution in [3.05, 3.63) is 10.4 Å². The van der Waals surface area contributed by atoms with Crippen molar-refractivity contribution in [2.45, 2.75) is 33.7 Å². The quantitative estimate of drug-likeness (QED) is 0.785. The van der Waals surface area contributed by atoms with Crippen LogP contribution in [0.15, 0.2) is 0 Å². The molecule has 118 valence electrons. The molecular formula is C14H22N2O4S. The van der Waals surface area contributed by atoms with Crippen molar-refractivity contribution in [2.75, 3.05) is 24.8 Å². The predicted molar refractivity (Wildman–Crippen MR) is 84.0 cm³/mol. The Morgan fingerprint density at radius 3 is 2.38 bits per heavy atom. The zero-order valence-electron chi connectivity index (χ0n) is 13.0. The van der Waals surface area contributed by atoms with E-state index in [4.69, 9.17) is 10.5 Å². The lowest BCUT2D eigenvalue weighted by atomic mass is 10.1. The zero-order valence-corrected chi connectivity index (χ0v) is 13.8. The molecule has 0 aliphatic rings. The maximum absolute atomic E-state index is 12.1. The van der Waals surface area contributed by atoms with Crippen LogP contribution in [-0.2, 0) is 9.47 Å². The average molecular weight is 314 g/mol. The van der Waals surface area contributed by atoms with Gasteiger partial charge in [0.05, 0.1) is 19.4 Å². The van der Waals surface area contributed by atoms with Gasteiger partial charge in [-0.15, -0.1) is 11.3 Å². The fourth-order valence-corrected chi connectivity index (χ4v) is 2.69. The summed E-state index contributed by atoms with van der Waals surface area (Å²) in [5.74, 6) is -0.752. The van der Waals surface area contributed by atoms with Crippen molar-refractivity contribution in [1.29, 1.82) is 0 Å². The minimum atomic E-state index is -0.562. The van der Waals surface area contributed by atoms with Gasteiger partial charge in [0.1, 0.15) is 15.4 Å². The van der Waals surface area contributed by atoms with Gasteiger partial charge in [-0.2, -0.15) is 0 Å². The lowest BCUT2D eigenvalue weighted by Gasteiger charge is -2.18. The van der Waals surface area contributed by atoms with Crippen LogP contribution >= 0.6 is 11.3 Å². The van der Waals surface area contributed by atoms with Crippen molar-refractivity contribution >= 4 is 34.0 Å². The number of carbonyl (C=O) groups excluding carboxylic acids is 2. The molecule has 0 spiro atoms. The van der Waals surface area contributed by atoms with Crippen LogP contribution < -0.4 is 11.1 Å².